The molecule has 0 saturated carbocycles. The first-order valence-corrected chi connectivity index (χ1v) is 4.36. The molecule has 1 aliphatic rings. The lowest BCUT2D eigenvalue weighted by atomic mass is 10.2. The van der Waals surface area contributed by atoms with Crippen LogP contribution in [0.25, 0.3) is 0 Å². The predicted octanol–water partition coefficient (Wildman–Crippen LogP) is 0.637. The number of rotatable bonds is 3. The van der Waals surface area contributed by atoms with Crippen LogP contribution in [0, 0.1) is 0 Å². The maximum Gasteiger partial charge on any atom is 0.0622 e. The van der Waals surface area contributed by atoms with Crippen molar-refractivity contribution in [3.63, 3.8) is 0 Å². The maximum atomic E-state index is 5.26. The summed E-state index contributed by atoms with van der Waals surface area (Å²) in [6.07, 6.45) is 1.18. The highest BCUT2D eigenvalue weighted by molar-refractivity contribution is 7.80. The fourth-order valence-electron chi connectivity index (χ4n) is 1.21. The fraction of sp³-hybridized carbons (Fsp3) is 1.00. The molecule has 0 N–H and O–H groups in total. The van der Waals surface area contributed by atoms with E-state index in [9.17, 15) is 0 Å². The van der Waals surface area contributed by atoms with Crippen molar-refractivity contribution in [2.75, 3.05) is 32.6 Å². The van der Waals surface area contributed by atoms with Crippen molar-refractivity contribution in [2.24, 2.45) is 0 Å². The quantitative estimate of drug-likeness (QED) is 0.610. The molecular weight excluding hydrogens is 146 g/mol. The van der Waals surface area contributed by atoms with Crippen LogP contribution in [0.4, 0.5) is 0 Å². The molecule has 1 rings (SSSR count). The first-order valence-electron chi connectivity index (χ1n) is 3.73. The Bertz CT molecular complexity index is 93.6. The lowest BCUT2D eigenvalue weighted by molar-refractivity contribution is 0.162. The van der Waals surface area contributed by atoms with Gasteiger partial charge in [-0.1, -0.05) is 0 Å². The summed E-state index contributed by atoms with van der Waals surface area (Å²) in [7, 11) is 2.13. The summed E-state index contributed by atoms with van der Waals surface area (Å²) >= 11 is 4.17. The van der Waals surface area contributed by atoms with Crippen molar-refractivity contribution in [1.29, 1.82) is 0 Å². The molecule has 0 spiro atoms. The summed E-state index contributed by atoms with van der Waals surface area (Å²) in [4.78, 5) is 2.32. The second-order valence-electron chi connectivity index (χ2n) is 2.72. The molecule has 0 aromatic carbocycles. The van der Waals surface area contributed by atoms with Crippen LogP contribution < -0.4 is 0 Å². The molecule has 1 saturated heterocycles. The number of hydrogen-bond acceptors (Lipinski definition) is 3. The second-order valence-corrected chi connectivity index (χ2v) is 3.17. The number of ether oxygens (including phenoxy) is 1. The van der Waals surface area contributed by atoms with Gasteiger partial charge in [-0.05, 0) is 13.5 Å². The Morgan fingerprint density at radius 3 is 3.00 bits per heavy atom. The van der Waals surface area contributed by atoms with E-state index in [0.717, 1.165) is 25.5 Å². The van der Waals surface area contributed by atoms with E-state index in [1.165, 1.54) is 6.42 Å². The van der Waals surface area contributed by atoms with Crippen LogP contribution in [0.1, 0.15) is 6.42 Å². The Labute approximate surface area is 68.0 Å². The van der Waals surface area contributed by atoms with Gasteiger partial charge in [-0.3, -0.25) is 0 Å². The Balaban J connectivity index is 2.18. The van der Waals surface area contributed by atoms with E-state index in [4.69, 9.17) is 4.74 Å². The van der Waals surface area contributed by atoms with Crippen LogP contribution in [-0.2, 0) is 4.74 Å². The van der Waals surface area contributed by atoms with Gasteiger partial charge in [-0.15, -0.1) is 0 Å². The third-order valence-corrected chi connectivity index (χ3v) is 2.18. The minimum Gasteiger partial charge on any atom is -0.380 e. The van der Waals surface area contributed by atoms with E-state index in [1.807, 2.05) is 0 Å². The van der Waals surface area contributed by atoms with Crippen LogP contribution in [0.3, 0.4) is 0 Å². The predicted molar refractivity (Wildman–Crippen MR) is 45.7 cm³/mol. The summed E-state index contributed by atoms with van der Waals surface area (Å²) in [6.45, 7) is 2.91. The second kappa shape index (κ2) is 4.21. The first kappa shape index (κ1) is 8.37. The van der Waals surface area contributed by atoms with E-state index >= 15 is 0 Å². The van der Waals surface area contributed by atoms with Crippen molar-refractivity contribution in [2.45, 2.75) is 12.5 Å². The zero-order valence-electron chi connectivity index (χ0n) is 6.42. The first-order chi connectivity index (χ1) is 4.84. The summed E-state index contributed by atoms with van der Waals surface area (Å²) < 4.78 is 5.26. The average Bonchev–Trinajstić information content (AvgIpc) is 2.38. The van der Waals surface area contributed by atoms with Crippen molar-refractivity contribution >= 4 is 12.6 Å². The smallest absolute Gasteiger partial charge is 0.0622 e. The van der Waals surface area contributed by atoms with E-state index in [1.54, 1.807) is 0 Å². The van der Waals surface area contributed by atoms with Gasteiger partial charge in [0.25, 0.3) is 0 Å². The van der Waals surface area contributed by atoms with Gasteiger partial charge in [0.15, 0.2) is 0 Å². The molecule has 1 fully saturated rings. The molecule has 10 heavy (non-hydrogen) atoms. The molecule has 0 amide bonds. The van der Waals surface area contributed by atoms with Crippen LogP contribution in [0.2, 0.25) is 0 Å². The van der Waals surface area contributed by atoms with E-state index in [2.05, 4.69) is 24.6 Å². The van der Waals surface area contributed by atoms with E-state index in [-0.39, 0.29) is 0 Å². The lowest BCUT2D eigenvalue weighted by Gasteiger charge is -2.21. The van der Waals surface area contributed by atoms with Crippen molar-refractivity contribution in [1.82, 2.24) is 4.90 Å². The maximum absolute atomic E-state index is 5.26. The Kier molecular flexibility index (Phi) is 3.52. The third-order valence-electron chi connectivity index (χ3n) is 1.98. The summed E-state index contributed by atoms with van der Waals surface area (Å²) in [5.74, 6) is 0.937. The molecule has 3 heteroatoms. The van der Waals surface area contributed by atoms with Crippen molar-refractivity contribution < 1.29 is 4.74 Å². The van der Waals surface area contributed by atoms with Crippen LogP contribution in [0.15, 0.2) is 0 Å². The van der Waals surface area contributed by atoms with Crippen molar-refractivity contribution in [3.05, 3.63) is 0 Å². The SMILES string of the molecule is CN(CCS)C1CCOC1. The zero-order valence-corrected chi connectivity index (χ0v) is 7.31. The molecule has 1 atom stereocenters. The Hall–Kier alpha value is 0.270. The number of thiol groups is 1. The normalized spacial score (nSPS) is 26.1. The van der Waals surface area contributed by atoms with Gasteiger partial charge in [0.05, 0.1) is 6.61 Å². The molecule has 1 unspecified atom stereocenters. The highest BCUT2D eigenvalue weighted by Gasteiger charge is 2.18. The molecule has 2 nitrogen and oxygen atoms in total. The summed E-state index contributed by atoms with van der Waals surface area (Å²) in [5, 5.41) is 0. The Morgan fingerprint density at radius 2 is 2.50 bits per heavy atom. The summed E-state index contributed by atoms with van der Waals surface area (Å²) in [6, 6.07) is 0.646. The number of hydrogen-bond donors (Lipinski definition) is 1. The van der Waals surface area contributed by atoms with Crippen LogP contribution >= 0.6 is 12.6 Å². The van der Waals surface area contributed by atoms with Gasteiger partial charge >= 0.3 is 0 Å². The number of likely N-dealkylation sites (N-methyl/N-ethyl adjacent to an activating group) is 1. The lowest BCUT2D eigenvalue weighted by Crippen LogP contribution is -2.33. The largest absolute Gasteiger partial charge is 0.380 e. The average molecular weight is 161 g/mol. The van der Waals surface area contributed by atoms with Gasteiger partial charge in [0, 0.05) is 24.9 Å². The molecule has 0 aliphatic carbocycles. The molecule has 0 bridgehead atoms. The standard InChI is InChI=1S/C7H15NOS/c1-8(3-5-10)7-2-4-9-6-7/h7,10H,2-6H2,1H3. The molecule has 0 aromatic heterocycles. The van der Waals surface area contributed by atoms with Gasteiger partial charge < -0.3 is 9.64 Å². The van der Waals surface area contributed by atoms with E-state index in [0.29, 0.717) is 6.04 Å². The van der Waals surface area contributed by atoms with E-state index < -0.39 is 0 Å². The van der Waals surface area contributed by atoms with Crippen LogP contribution in [0.5, 0.6) is 0 Å². The topological polar surface area (TPSA) is 12.5 Å². The highest BCUT2D eigenvalue weighted by atomic mass is 32.1. The molecule has 60 valence electrons. The zero-order chi connectivity index (χ0) is 7.40. The van der Waals surface area contributed by atoms with Crippen molar-refractivity contribution in [3.8, 4) is 0 Å². The monoisotopic (exact) mass is 161 g/mol. The minimum atomic E-state index is 0.646. The van der Waals surface area contributed by atoms with Gasteiger partial charge in [0.2, 0.25) is 0 Å². The number of nitrogens with zero attached hydrogens (tertiary/aromatic N) is 1. The Morgan fingerprint density at radius 1 is 1.70 bits per heavy atom. The highest BCUT2D eigenvalue weighted by Crippen LogP contribution is 2.09. The van der Waals surface area contributed by atoms with Gasteiger partial charge in [0.1, 0.15) is 0 Å². The molecule has 0 aromatic rings. The molecular formula is C7H15NOS. The summed E-state index contributed by atoms with van der Waals surface area (Å²) in [5.41, 5.74) is 0. The van der Waals surface area contributed by atoms with Crippen LogP contribution in [-0.4, -0.2) is 43.5 Å². The minimum absolute atomic E-state index is 0.646. The molecule has 0 radical (unpaired) electrons. The van der Waals surface area contributed by atoms with Gasteiger partial charge in [-0.25, -0.2) is 0 Å². The van der Waals surface area contributed by atoms with Gasteiger partial charge in [-0.2, -0.15) is 12.6 Å². The third kappa shape index (κ3) is 2.15. The molecule has 1 aliphatic heterocycles. The fourth-order valence-corrected chi connectivity index (χ4v) is 1.53. The molecule has 1 heterocycles.